The Bertz CT molecular complexity index is 1730. The van der Waals surface area contributed by atoms with Gasteiger partial charge in [0.25, 0.3) is 0 Å². The van der Waals surface area contributed by atoms with Crippen molar-refractivity contribution < 1.29 is 66.3 Å². The SMILES string of the molecule is CCCCC/C=C\C/C=C\CCCCCCCC(=O)O[C@H](COC(=O)CCCCCCCCCCCCCCCCC)COP(=O)(O)OP(=O)(O)OC[C@H]1O[C@@H](n2ccc(N)nc2=O)C(O)[C@H]1O. The molecule has 1 aliphatic heterocycles. The molecular weight excluding hydrogens is 920 g/mol. The zero-order chi connectivity index (χ0) is 49.9. The van der Waals surface area contributed by atoms with Crippen LogP contribution in [0.4, 0.5) is 5.82 Å². The number of nitrogen functional groups attached to an aromatic ring is 1. The highest BCUT2D eigenvalue weighted by Gasteiger charge is 2.46. The van der Waals surface area contributed by atoms with Crippen molar-refractivity contribution in [2.75, 3.05) is 25.6 Å². The summed E-state index contributed by atoms with van der Waals surface area (Å²) in [5, 5.41) is 20.9. The van der Waals surface area contributed by atoms with Crippen LogP contribution in [0.2, 0.25) is 0 Å². The second-order valence-electron chi connectivity index (χ2n) is 17.7. The van der Waals surface area contributed by atoms with Gasteiger partial charge in [0.1, 0.15) is 30.7 Å². The average molecular weight is 1010 g/mol. The highest BCUT2D eigenvalue weighted by Crippen LogP contribution is 2.60. The molecule has 0 saturated carbocycles. The number of aromatic nitrogens is 2. The number of ether oxygens (including phenoxy) is 3. The maximum Gasteiger partial charge on any atom is 0.481 e. The zero-order valence-corrected chi connectivity index (χ0v) is 42.7. The Morgan fingerprint density at radius 1 is 0.706 bits per heavy atom. The number of esters is 2. The van der Waals surface area contributed by atoms with Crippen LogP contribution >= 0.6 is 15.6 Å². The summed E-state index contributed by atoms with van der Waals surface area (Å²) in [6.07, 6.45) is 31.1. The van der Waals surface area contributed by atoms with Gasteiger partial charge in [0.2, 0.25) is 0 Å². The Hall–Kier alpha value is -2.76. The van der Waals surface area contributed by atoms with E-state index >= 15 is 0 Å². The Morgan fingerprint density at radius 3 is 1.75 bits per heavy atom. The predicted molar refractivity (Wildman–Crippen MR) is 261 cm³/mol. The van der Waals surface area contributed by atoms with E-state index in [1.54, 1.807) is 0 Å². The minimum absolute atomic E-state index is 0.0369. The highest BCUT2D eigenvalue weighted by atomic mass is 31.3. The first kappa shape index (κ1) is 61.4. The molecule has 0 spiro atoms. The number of unbranched alkanes of at least 4 members (excludes halogenated alkanes) is 22. The number of nitrogens with zero attached hydrogens (tertiary/aromatic N) is 2. The molecule has 1 aromatic heterocycles. The fourth-order valence-electron chi connectivity index (χ4n) is 7.58. The number of aliphatic hydroxyl groups is 2. The van der Waals surface area contributed by atoms with E-state index in [2.05, 4.69) is 47.4 Å². The molecule has 2 heterocycles. The van der Waals surface area contributed by atoms with E-state index in [0.29, 0.717) is 12.8 Å². The van der Waals surface area contributed by atoms with Crippen molar-refractivity contribution in [3.63, 3.8) is 0 Å². The van der Waals surface area contributed by atoms with Crippen molar-refractivity contribution in [2.45, 2.75) is 224 Å². The van der Waals surface area contributed by atoms with Crippen LogP contribution < -0.4 is 11.4 Å². The Labute approximate surface area is 405 Å². The molecule has 6 N–H and O–H groups in total. The molecule has 1 saturated heterocycles. The fraction of sp³-hybridized carbons (Fsp3) is 0.792. The van der Waals surface area contributed by atoms with E-state index in [0.717, 1.165) is 75.2 Å². The lowest BCUT2D eigenvalue weighted by molar-refractivity contribution is -0.161. The zero-order valence-electron chi connectivity index (χ0n) is 40.9. The van der Waals surface area contributed by atoms with E-state index in [1.165, 1.54) is 95.7 Å². The summed E-state index contributed by atoms with van der Waals surface area (Å²) >= 11 is 0. The van der Waals surface area contributed by atoms with Crippen LogP contribution in [-0.2, 0) is 46.3 Å². The van der Waals surface area contributed by atoms with Crippen LogP contribution in [0, 0.1) is 0 Å². The standard InChI is InChI=1S/C48H85N3O15P2/c1-3-5-7-9-11-13-15-17-19-21-23-25-27-29-31-33-43(52)61-37-40(64-44(53)34-32-30-28-26-24-22-20-18-16-14-12-10-8-6-4-2)38-62-67(57,58)66-68(59,60)63-39-41-45(54)46(55)47(65-41)51-36-35-42(49)50-48(51)56/h12,14,18,20,35-36,40-41,45-47,54-55H,3-11,13,15-17,19,21-34,37-39H2,1-2H3,(H,57,58)(H,59,60)(H2,49,50,56)/b14-12-,20-18-/t40-,41-,45+,46?,47-/m1/s1. The number of phosphoric acid groups is 2. The van der Waals surface area contributed by atoms with E-state index in [-0.39, 0.29) is 18.7 Å². The Morgan fingerprint density at radius 2 is 1.19 bits per heavy atom. The smallest absolute Gasteiger partial charge is 0.462 e. The normalized spacial score (nSPS) is 19.6. The van der Waals surface area contributed by atoms with Crippen molar-refractivity contribution in [3.05, 3.63) is 47.1 Å². The van der Waals surface area contributed by atoms with Gasteiger partial charge in [-0.3, -0.25) is 23.2 Å². The topological polar surface area (TPSA) is 265 Å². The minimum atomic E-state index is -5.42. The van der Waals surface area contributed by atoms with Gasteiger partial charge < -0.3 is 39.9 Å². The number of rotatable bonds is 42. The third-order valence-electron chi connectivity index (χ3n) is 11.5. The van der Waals surface area contributed by atoms with Gasteiger partial charge in [0.05, 0.1) is 13.2 Å². The first-order valence-corrected chi connectivity index (χ1v) is 28.3. The molecule has 20 heteroatoms. The number of carbonyl (C=O) groups is 2. The van der Waals surface area contributed by atoms with Gasteiger partial charge >= 0.3 is 33.3 Å². The van der Waals surface area contributed by atoms with E-state index in [9.17, 15) is 43.5 Å². The molecular formula is C48H85N3O15P2. The van der Waals surface area contributed by atoms with Gasteiger partial charge in [-0.2, -0.15) is 9.29 Å². The minimum Gasteiger partial charge on any atom is -0.462 e. The van der Waals surface area contributed by atoms with Crippen molar-refractivity contribution in [1.82, 2.24) is 9.55 Å². The summed E-state index contributed by atoms with van der Waals surface area (Å²) in [6.45, 7) is 2.13. The number of allylic oxidation sites excluding steroid dienone is 4. The molecule has 1 aliphatic rings. The molecule has 0 bridgehead atoms. The van der Waals surface area contributed by atoms with Crippen LogP contribution in [0.1, 0.15) is 200 Å². The number of carbonyl (C=O) groups excluding carboxylic acids is 2. The third-order valence-corrected chi connectivity index (χ3v) is 14.1. The van der Waals surface area contributed by atoms with Crippen LogP contribution in [0.3, 0.4) is 0 Å². The summed E-state index contributed by atoms with van der Waals surface area (Å²) in [7, 11) is -10.8. The van der Waals surface area contributed by atoms with E-state index in [4.69, 9.17) is 29.0 Å². The van der Waals surface area contributed by atoms with E-state index < -0.39 is 83.7 Å². The average Bonchev–Trinajstić information content (AvgIpc) is 3.57. The van der Waals surface area contributed by atoms with Gasteiger partial charge in [0, 0.05) is 19.0 Å². The first-order chi connectivity index (χ1) is 32.7. The van der Waals surface area contributed by atoms with Crippen LogP contribution in [-0.4, -0.2) is 85.7 Å². The monoisotopic (exact) mass is 1010 g/mol. The summed E-state index contributed by atoms with van der Waals surface area (Å²) in [4.78, 5) is 61.9. The fourth-order valence-corrected chi connectivity index (χ4v) is 9.69. The molecule has 0 aliphatic carbocycles. The van der Waals surface area contributed by atoms with Crippen molar-refractivity contribution in [2.24, 2.45) is 0 Å². The lowest BCUT2D eigenvalue weighted by Crippen LogP contribution is -2.36. The van der Waals surface area contributed by atoms with Gasteiger partial charge in [-0.1, -0.05) is 160 Å². The molecule has 0 amide bonds. The number of hydrogen-bond acceptors (Lipinski definition) is 15. The van der Waals surface area contributed by atoms with Gasteiger partial charge in [-0.05, 0) is 51.0 Å². The first-order valence-electron chi connectivity index (χ1n) is 25.3. The summed E-state index contributed by atoms with van der Waals surface area (Å²) in [5.41, 5.74) is 4.59. The lowest BCUT2D eigenvalue weighted by atomic mass is 10.0. The maximum absolute atomic E-state index is 12.8. The number of phosphoric ester groups is 2. The largest absolute Gasteiger partial charge is 0.481 e. The second-order valence-corrected chi connectivity index (χ2v) is 20.7. The van der Waals surface area contributed by atoms with Gasteiger partial charge in [-0.15, -0.1) is 0 Å². The molecule has 3 unspecified atom stereocenters. The molecule has 0 aromatic carbocycles. The molecule has 0 radical (unpaired) electrons. The number of nitrogens with two attached hydrogens (primary N) is 1. The van der Waals surface area contributed by atoms with E-state index in [1.807, 2.05) is 0 Å². The van der Waals surface area contributed by atoms with Gasteiger partial charge in [-0.25, -0.2) is 13.9 Å². The molecule has 2 rings (SSSR count). The van der Waals surface area contributed by atoms with Crippen molar-refractivity contribution >= 4 is 33.4 Å². The summed E-state index contributed by atoms with van der Waals surface area (Å²) in [6, 6.07) is 1.25. The molecule has 18 nitrogen and oxygen atoms in total. The number of aliphatic hydroxyl groups excluding tert-OH is 2. The maximum atomic E-state index is 12.8. The lowest BCUT2D eigenvalue weighted by Gasteiger charge is -2.21. The summed E-state index contributed by atoms with van der Waals surface area (Å²) < 4.78 is 56.8. The van der Waals surface area contributed by atoms with Crippen molar-refractivity contribution in [3.8, 4) is 0 Å². The predicted octanol–water partition coefficient (Wildman–Crippen LogP) is 10.2. The van der Waals surface area contributed by atoms with Crippen LogP contribution in [0.15, 0.2) is 41.4 Å². The molecule has 7 atom stereocenters. The quantitative estimate of drug-likeness (QED) is 0.0176. The van der Waals surface area contributed by atoms with Gasteiger partial charge in [0.15, 0.2) is 12.3 Å². The van der Waals surface area contributed by atoms with Crippen LogP contribution in [0.5, 0.6) is 0 Å². The number of anilines is 1. The molecule has 1 aromatic rings. The number of hydrogen-bond donors (Lipinski definition) is 5. The Kier molecular flexibility index (Phi) is 33.5. The third kappa shape index (κ3) is 29.4. The molecule has 392 valence electrons. The molecule has 1 fully saturated rings. The van der Waals surface area contributed by atoms with Crippen molar-refractivity contribution in [1.29, 1.82) is 0 Å². The second kappa shape index (κ2) is 37.1. The van der Waals surface area contributed by atoms with Crippen LogP contribution in [0.25, 0.3) is 0 Å². The Balaban J connectivity index is 1.81. The summed E-state index contributed by atoms with van der Waals surface area (Å²) in [5.74, 6) is -1.30. The molecule has 68 heavy (non-hydrogen) atoms. The highest BCUT2D eigenvalue weighted by molar-refractivity contribution is 7.61.